The topological polar surface area (TPSA) is 50.4 Å². The number of amides is 2. The van der Waals surface area contributed by atoms with Gasteiger partial charge in [-0.2, -0.15) is 0 Å². The van der Waals surface area contributed by atoms with Gasteiger partial charge >= 0.3 is 6.03 Å². The van der Waals surface area contributed by atoms with Crippen LogP contribution in [0.4, 0.5) is 10.5 Å². The molecule has 4 nitrogen and oxygen atoms in total. The number of anilines is 1. The third kappa shape index (κ3) is 6.80. The summed E-state index contributed by atoms with van der Waals surface area (Å²) in [7, 11) is 0. The Morgan fingerprint density at radius 3 is 2.89 bits per heavy atom. The van der Waals surface area contributed by atoms with Gasteiger partial charge in [0.2, 0.25) is 0 Å². The van der Waals surface area contributed by atoms with Crippen molar-refractivity contribution in [3.63, 3.8) is 0 Å². The van der Waals surface area contributed by atoms with Crippen LogP contribution in [0.25, 0.3) is 0 Å². The Morgan fingerprint density at radius 1 is 1.44 bits per heavy atom. The Kier molecular flexibility index (Phi) is 7.04. The summed E-state index contributed by atoms with van der Waals surface area (Å²) in [5, 5.41) is 5.58. The highest BCUT2D eigenvalue weighted by molar-refractivity contribution is 14.1. The van der Waals surface area contributed by atoms with Crippen molar-refractivity contribution in [2.24, 2.45) is 0 Å². The third-order valence-corrected chi connectivity index (χ3v) is 2.81. The zero-order valence-corrected chi connectivity index (χ0v) is 12.9. The molecular weight excluding hydrogens is 343 g/mol. The molecule has 1 aromatic rings. The first-order valence-corrected chi connectivity index (χ1v) is 7.08. The molecule has 2 N–H and O–H groups in total. The molecule has 0 aliphatic heterocycles. The number of rotatable bonds is 6. The van der Waals surface area contributed by atoms with Crippen molar-refractivity contribution in [3.05, 3.63) is 27.8 Å². The summed E-state index contributed by atoms with van der Waals surface area (Å²) in [5.41, 5.74) is 0.804. The lowest BCUT2D eigenvalue weighted by molar-refractivity contribution is 0.0775. The first kappa shape index (κ1) is 15.2. The summed E-state index contributed by atoms with van der Waals surface area (Å²) >= 11 is 2.21. The largest absolute Gasteiger partial charge is 0.379 e. The van der Waals surface area contributed by atoms with Crippen LogP contribution in [0.2, 0.25) is 0 Å². The van der Waals surface area contributed by atoms with E-state index in [4.69, 9.17) is 4.74 Å². The summed E-state index contributed by atoms with van der Waals surface area (Å²) in [6, 6.07) is 7.49. The summed E-state index contributed by atoms with van der Waals surface area (Å²) in [5.74, 6) is 0. The van der Waals surface area contributed by atoms with Gasteiger partial charge in [-0.1, -0.05) is 6.07 Å². The number of ether oxygens (including phenoxy) is 1. The molecule has 0 heterocycles. The van der Waals surface area contributed by atoms with Gasteiger partial charge in [-0.05, 0) is 61.1 Å². The third-order valence-electron chi connectivity index (χ3n) is 2.14. The molecule has 0 aliphatic carbocycles. The van der Waals surface area contributed by atoms with Gasteiger partial charge < -0.3 is 15.4 Å². The molecule has 2 amide bonds. The van der Waals surface area contributed by atoms with Crippen LogP contribution in [0.15, 0.2) is 24.3 Å². The van der Waals surface area contributed by atoms with E-state index >= 15 is 0 Å². The van der Waals surface area contributed by atoms with E-state index in [9.17, 15) is 4.79 Å². The number of halogens is 1. The lowest BCUT2D eigenvalue weighted by Gasteiger charge is -2.09. The Balaban J connectivity index is 2.18. The minimum absolute atomic E-state index is 0.179. The van der Waals surface area contributed by atoms with Crippen LogP contribution >= 0.6 is 22.6 Å². The van der Waals surface area contributed by atoms with Crippen molar-refractivity contribution < 1.29 is 9.53 Å². The molecule has 100 valence electrons. The number of carbonyl (C=O) groups is 1. The van der Waals surface area contributed by atoms with Crippen LogP contribution in [0.5, 0.6) is 0 Å². The lowest BCUT2D eigenvalue weighted by Crippen LogP contribution is -2.30. The van der Waals surface area contributed by atoms with Crippen LogP contribution in [0.1, 0.15) is 20.3 Å². The van der Waals surface area contributed by atoms with E-state index in [1.165, 1.54) is 0 Å². The smallest absolute Gasteiger partial charge is 0.319 e. The highest BCUT2D eigenvalue weighted by Crippen LogP contribution is 2.11. The zero-order chi connectivity index (χ0) is 13.4. The van der Waals surface area contributed by atoms with Crippen molar-refractivity contribution in [1.82, 2.24) is 5.32 Å². The molecule has 0 bridgehead atoms. The summed E-state index contributed by atoms with van der Waals surface area (Å²) in [6.45, 7) is 5.28. The molecule has 0 saturated carbocycles. The molecule has 1 rings (SSSR count). The standard InChI is InChI=1S/C13H19IN2O2/c1-10(2)18-8-4-7-15-13(17)16-12-6-3-5-11(14)9-12/h3,5-6,9-10H,4,7-8H2,1-2H3,(H2,15,16,17). The highest BCUT2D eigenvalue weighted by Gasteiger charge is 2.01. The first-order valence-electron chi connectivity index (χ1n) is 6.00. The Bertz CT molecular complexity index is 383. The molecule has 0 aliphatic rings. The molecule has 1 aromatic carbocycles. The Hall–Kier alpha value is -0.820. The van der Waals surface area contributed by atoms with Crippen LogP contribution in [0, 0.1) is 3.57 Å². The molecule has 5 heteroatoms. The van der Waals surface area contributed by atoms with Crippen molar-refractivity contribution in [2.75, 3.05) is 18.5 Å². The molecule has 0 aromatic heterocycles. The number of hydrogen-bond acceptors (Lipinski definition) is 2. The van der Waals surface area contributed by atoms with Gasteiger partial charge in [-0.25, -0.2) is 4.79 Å². The maximum Gasteiger partial charge on any atom is 0.319 e. The predicted octanol–water partition coefficient (Wildman–Crippen LogP) is 3.23. The predicted molar refractivity (Wildman–Crippen MR) is 81.9 cm³/mol. The highest BCUT2D eigenvalue weighted by atomic mass is 127. The van der Waals surface area contributed by atoms with E-state index < -0.39 is 0 Å². The fraction of sp³-hybridized carbons (Fsp3) is 0.462. The Morgan fingerprint density at radius 2 is 2.22 bits per heavy atom. The number of benzene rings is 1. The van der Waals surface area contributed by atoms with Crippen LogP contribution in [0.3, 0.4) is 0 Å². The van der Waals surface area contributed by atoms with E-state index in [0.717, 1.165) is 15.7 Å². The van der Waals surface area contributed by atoms with E-state index in [2.05, 4.69) is 33.2 Å². The lowest BCUT2D eigenvalue weighted by atomic mass is 10.3. The molecule has 0 atom stereocenters. The summed E-state index contributed by atoms with van der Waals surface area (Å²) < 4.78 is 6.48. The van der Waals surface area contributed by atoms with Crippen LogP contribution in [-0.2, 0) is 4.74 Å². The fourth-order valence-corrected chi connectivity index (χ4v) is 1.88. The SMILES string of the molecule is CC(C)OCCCNC(=O)Nc1cccc(I)c1. The number of nitrogens with one attached hydrogen (secondary N) is 2. The number of urea groups is 1. The van der Waals surface area contributed by atoms with Gasteiger partial charge in [0.15, 0.2) is 0 Å². The van der Waals surface area contributed by atoms with Crippen LogP contribution in [-0.4, -0.2) is 25.3 Å². The summed E-state index contributed by atoms with van der Waals surface area (Å²) in [4.78, 5) is 11.6. The second-order valence-electron chi connectivity index (χ2n) is 4.16. The second kappa shape index (κ2) is 8.31. The monoisotopic (exact) mass is 362 g/mol. The van der Waals surface area contributed by atoms with Crippen molar-refractivity contribution >= 4 is 34.3 Å². The molecule has 18 heavy (non-hydrogen) atoms. The van der Waals surface area contributed by atoms with E-state index in [1.807, 2.05) is 38.1 Å². The first-order chi connectivity index (χ1) is 8.58. The maximum atomic E-state index is 11.6. The molecule has 0 saturated heterocycles. The van der Waals surface area contributed by atoms with Gasteiger partial charge in [-0.3, -0.25) is 0 Å². The Labute approximate surface area is 122 Å². The minimum atomic E-state index is -0.179. The average Bonchev–Trinajstić information content (AvgIpc) is 2.28. The van der Waals surface area contributed by atoms with Crippen molar-refractivity contribution in [2.45, 2.75) is 26.4 Å². The van der Waals surface area contributed by atoms with Crippen molar-refractivity contribution in [3.8, 4) is 0 Å². The van der Waals surface area contributed by atoms with E-state index in [-0.39, 0.29) is 12.1 Å². The minimum Gasteiger partial charge on any atom is -0.379 e. The van der Waals surface area contributed by atoms with Gasteiger partial charge in [0.05, 0.1) is 6.10 Å². The van der Waals surface area contributed by atoms with Crippen LogP contribution < -0.4 is 10.6 Å². The van der Waals surface area contributed by atoms with Gasteiger partial charge in [-0.15, -0.1) is 0 Å². The molecular formula is C13H19IN2O2. The fourth-order valence-electron chi connectivity index (χ4n) is 1.33. The maximum absolute atomic E-state index is 11.6. The number of hydrogen-bond donors (Lipinski definition) is 2. The summed E-state index contributed by atoms with van der Waals surface area (Å²) in [6.07, 6.45) is 1.06. The van der Waals surface area contributed by atoms with Crippen molar-refractivity contribution in [1.29, 1.82) is 0 Å². The zero-order valence-electron chi connectivity index (χ0n) is 10.7. The van der Waals surface area contributed by atoms with E-state index in [0.29, 0.717) is 13.2 Å². The molecule has 0 fully saturated rings. The normalized spacial score (nSPS) is 10.4. The van der Waals surface area contributed by atoms with E-state index in [1.54, 1.807) is 0 Å². The van der Waals surface area contributed by atoms with Gasteiger partial charge in [0, 0.05) is 22.4 Å². The second-order valence-corrected chi connectivity index (χ2v) is 5.41. The quantitative estimate of drug-likeness (QED) is 0.603. The van der Waals surface area contributed by atoms with Gasteiger partial charge in [0.25, 0.3) is 0 Å². The molecule has 0 radical (unpaired) electrons. The van der Waals surface area contributed by atoms with Gasteiger partial charge in [0.1, 0.15) is 0 Å². The molecule has 0 spiro atoms. The number of carbonyl (C=O) groups excluding carboxylic acids is 1. The average molecular weight is 362 g/mol. The molecule has 0 unspecified atom stereocenters.